The molecule has 2 aliphatic heterocycles. The normalized spacial score (nSPS) is 16.0. The Bertz CT molecular complexity index is 1440. The van der Waals surface area contributed by atoms with Gasteiger partial charge in [0, 0.05) is 44.2 Å². The monoisotopic (exact) mass is 620 g/mol. The van der Waals surface area contributed by atoms with E-state index in [9.17, 15) is 4.79 Å². The molecule has 13 heteroatoms. The molecule has 3 aromatic rings. The highest BCUT2D eigenvalue weighted by Crippen LogP contribution is 2.33. The highest BCUT2D eigenvalue weighted by Gasteiger charge is 2.29. The summed E-state index contributed by atoms with van der Waals surface area (Å²) in [7, 11) is 3.37. The third-order valence-corrected chi connectivity index (χ3v) is 8.87. The molecule has 1 aromatic carbocycles. The van der Waals surface area contributed by atoms with Gasteiger partial charge in [-0.2, -0.15) is 9.97 Å². The summed E-state index contributed by atoms with van der Waals surface area (Å²) >= 11 is 0. The minimum Gasteiger partial charge on any atom is -0.496 e. The molecular weight excluding hydrogens is 572 g/mol. The number of nitrogens with two attached hydrogens (primary N) is 1. The number of amides is 1. The summed E-state index contributed by atoms with van der Waals surface area (Å²) in [6.07, 6.45) is 4.72. The van der Waals surface area contributed by atoms with Crippen molar-refractivity contribution in [3.05, 3.63) is 41.0 Å². The maximum absolute atomic E-state index is 12.3. The number of hydrogen-bond acceptors (Lipinski definition) is 11. The van der Waals surface area contributed by atoms with E-state index in [0.717, 1.165) is 94.1 Å². The number of methoxy groups -OCH3 is 1. The Balaban J connectivity index is 1.22. The summed E-state index contributed by atoms with van der Waals surface area (Å²) in [5, 5.41) is 12.2. The predicted molar refractivity (Wildman–Crippen MR) is 174 cm³/mol. The van der Waals surface area contributed by atoms with Crippen molar-refractivity contribution in [3.8, 4) is 11.8 Å². The maximum Gasteiger partial charge on any atom is 0.320 e. The molecule has 45 heavy (non-hydrogen) atoms. The Hall–Kier alpha value is -3.97. The van der Waals surface area contributed by atoms with E-state index in [1.807, 2.05) is 6.07 Å². The number of likely N-dealkylation sites (tertiary alicyclic amines) is 1. The number of rotatable bonds is 14. The summed E-state index contributed by atoms with van der Waals surface area (Å²) in [6, 6.07) is 6.85. The van der Waals surface area contributed by atoms with Gasteiger partial charge >= 0.3 is 6.01 Å². The number of benzene rings is 1. The number of nitrogens with zero attached hydrogens (tertiary/aromatic N) is 8. The second kappa shape index (κ2) is 14.9. The van der Waals surface area contributed by atoms with Crippen molar-refractivity contribution in [2.45, 2.75) is 84.6 Å². The smallest absolute Gasteiger partial charge is 0.320 e. The van der Waals surface area contributed by atoms with Crippen LogP contribution in [-0.4, -0.2) is 87.4 Å². The average molecular weight is 621 g/mol. The molecule has 5 rings (SSSR count). The van der Waals surface area contributed by atoms with Crippen molar-refractivity contribution in [2.24, 2.45) is 0 Å². The number of hydrogen-bond donors (Lipinski definition) is 2. The highest BCUT2D eigenvalue weighted by atomic mass is 16.5. The van der Waals surface area contributed by atoms with Gasteiger partial charge in [-0.05, 0) is 57.8 Å². The van der Waals surface area contributed by atoms with Crippen LogP contribution < -0.4 is 25.4 Å². The lowest BCUT2D eigenvalue weighted by atomic mass is 9.95. The van der Waals surface area contributed by atoms with E-state index in [2.05, 4.69) is 72.8 Å². The third-order valence-electron chi connectivity index (χ3n) is 8.87. The van der Waals surface area contributed by atoms with E-state index < -0.39 is 0 Å². The van der Waals surface area contributed by atoms with Gasteiger partial charge in [-0.15, -0.1) is 10.2 Å². The van der Waals surface area contributed by atoms with E-state index in [-0.39, 0.29) is 18.4 Å². The van der Waals surface area contributed by atoms with Crippen LogP contribution in [0.3, 0.4) is 0 Å². The zero-order valence-electron chi connectivity index (χ0n) is 27.3. The van der Waals surface area contributed by atoms with E-state index >= 15 is 0 Å². The van der Waals surface area contributed by atoms with Crippen molar-refractivity contribution in [2.75, 3.05) is 56.3 Å². The molecule has 1 fully saturated rings. The number of carbonyl (C=O) groups is 1. The van der Waals surface area contributed by atoms with Crippen molar-refractivity contribution < 1.29 is 14.3 Å². The van der Waals surface area contributed by atoms with E-state index in [4.69, 9.17) is 15.2 Å². The highest BCUT2D eigenvalue weighted by molar-refractivity contribution is 5.85. The van der Waals surface area contributed by atoms with Crippen LogP contribution in [0.5, 0.6) is 11.8 Å². The summed E-state index contributed by atoms with van der Waals surface area (Å²) in [4.78, 5) is 27.5. The lowest BCUT2D eigenvalue weighted by molar-refractivity contribution is -0.107. The fourth-order valence-corrected chi connectivity index (χ4v) is 6.18. The standard InChI is InChI=1S/C32H48N10O3/c1-6-7-16-45-32-35-29(33)28(34-4)31(36-32)41(21-43)19-25-9-8-23(17-26(25)44-5)18-39-12-10-24(11-13-39)30-38-37-27-20-40(22(2)3)14-15-42(27)30/h8-9,17,21-22,24,34H,6-7,10-16,18-20H2,1-5H3,(H2,33,35,36). The number of piperidine rings is 1. The zero-order valence-corrected chi connectivity index (χ0v) is 27.3. The molecule has 1 amide bonds. The van der Waals surface area contributed by atoms with Gasteiger partial charge in [-0.3, -0.25) is 19.5 Å². The number of unbranched alkanes of at least 4 members (excludes halogenated alkanes) is 1. The molecule has 0 spiro atoms. The number of carbonyl (C=O) groups excluding carboxylic acids is 1. The van der Waals surface area contributed by atoms with Crippen molar-refractivity contribution in [1.82, 2.24) is 34.5 Å². The van der Waals surface area contributed by atoms with Crippen molar-refractivity contribution in [3.63, 3.8) is 0 Å². The quantitative estimate of drug-likeness (QED) is 0.202. The van der Waals surface area contributed by atoms with Crippen LogP contribution in [0.4, 0.5) is 17.3 Å². The number of fused-ring (bicyclic) bond motifs is 1. The van der Waals surface area contributed by atoms with Crippen LogP contribution >= 0.6 is 0 Å². The molecule has 2 aliphatic rings. The Morgan fingerprint density at radius 1 is 1.16 bits per heavy atom. The van der Waals surface area contributed by atoms with Crippen LogP contribution in [0.15, 0.2) is 18.2 Å². The first kappa shape index (κ1) is 32.4. The molecule has 3 N–H and O–H groups in total. The number of nitrogens with one attached hydrogen (secondary N) is 1. The van der Waals surface area contributed by atoms with Crippen LogP contribution in [-0.2, 0) is 31.0 Å². The molecule has 244 valence electrons. The van der Waals surface area contributed by atoms with Gasteiger partial charge in [0.25, 0.3) is 0 Å². The number of anilines is 3. The number of aromatic nitrogens is 5. The molecule has 0 saturated carbocycles. The van der Waals surface area contributed by atoms with Crippen LogP contribution in [0.25, 0.3) is 0 Å². The SMILES string of the molecule is CCCCOc1nc(N)c(NC)c(N(C=O)Cc2ccc(CN3CCC(c4nnc5n4CCN(C(C)C)C5)CC3)cc2OC)n1. The van der Waals surface area contributed by atoms with E-state index in [0.29, 0.717) is 35.8 Å². The van der Waals surface area contributed by atoms with Gasteiger partial charge in [-0.1, -0.05) is 25.5 Å². The first-order valence-corrected chi connectivity index (χ1v) is 16.1. The topological polar surface area (TPSA) is 140 Å². The Morgan fingerprint density at radius 2 is 1.96 bits per heavy atom. The largest absolute Gasteiger partial charge is 0.496 e. The fraction of sp³-hybridized carbons (Fsp3) is 0.594. The minimum atomic E-state index is 0.148. The molecular formula is C32H48N10O3. The molecule has 2 aromatic heterocycles. The second-order valence-electron chi connectivity index (χ2n) is 12.2. The second-order valence-corrected chi connectivity index (χ2v) is 12.2. The first-order chi connectivity index (χ1) is 21.8. The summed E-state index contributed by atoms with van der Waals surface area (Å²) in [5.74, 6) is 3.98. The summed E-state index contributed by atoms with van der Waals surface area (Å²) in [6.45, 7) is 13.0. The maximum atomic E-state index is 12.3. The average Bonchev–Trinajstić information content (AvgIpc) is 3.47. The minimum absolute atomic E-state index is 0.148. The molecule has 0 aliphatic carbocycles. The molecule has 0 radical (unpaired) electrons. The van der Waals surface area contributed by atoms with Gasteiger partial charge in [-0.25, -0.2) is 0 Å². The zero-order chi connectivity index (χ0) is 31.9. The Kier molecular flexibility index (Phi) is 10.7. The van der Waals surface area contributed by atoms with E-state index in [1.165, 1.54) is 4.90 Å². The van der Waals surface area contributed by atoms with E-state index in [1.54, 1.807) is 14.2 Å². The lowest BCUT2D eigenvalue weighted by Gasteiger charge is -2.34. The van der Waals surface area contributed by atoms with Gasteiger partial charge in [0.2, 0.25) is 6.41 Å². The third kappa shape index (κ3) is 7.47. The Morgan fingerprint density at radius 3 is 2.64 bits per heavy atom. The summed E-state index contributed by atoms with van der Waals surface area (Å²) in [5.41, 5.74) is 8.67. The number of ether oxygens (including phenoxy) is 2. The lowest BCUT2D eigenvalue weighted by Crippen LogP contribution is -2.39. The van der Waals surface area contributed by atoms with Crippen LogP contribution in [0, 0.1) is 0 Å². The van der Waals surface area contributed by atoms with Gasteiger partial charge in [0.1, 0.15) is 23.1 Å². The molecule has 13 nitrogen and oxygen atoms in total. The van der Waals surface area contributed by atoms with Crippen LogP contribution in [0.1, 0.15) is 75.1 Å². The van der Waals surface area contributed by atoms with Crippen molar-refractivity contribution >= 4 is 23.7 Å². The van der Waals surface area contributed by atoms with Gasteiger partial charge in [0.15, 0.2) is 11.6 Å². The van der Waals surface area contributed by atoms with Gasteiger partial charge < -0.3 is 25.1 Å². The molecule has 1 saturated heterocycles. The molecule has 4 heterocycles. The van der Waals surface area contributed by atoms with Crippen molar-refractivity contribution in [1.29, 1.82) is 0 Å². The molecule has 0 atom stereocenters. The first-order valence-electron chi connectivity index (χ1n) is 16.1. The molecule has 0 bridgehead atoms. The van der Waals surface area contributed by atoms with Crippen LogP contribution in [0.2, 0.25) is 0 Å². The molecule has 0 unspecified atom stereocenters. The van der Waals surface area contributed by atoms with Gasteiger partial charge in [0.05, 0.1) is 26.8 Å². The fourth-order valence-electron chi connectivity index (χ4n) is 6.18. The number of nitrogen functional groups attached to an aromatic ring is 1. The summed E-state index contributed by atoms with van der Waals surface area (Å²) < 4.78 is 13.8. The predicted octanol–water partition coefficient (Wildman–Crippen LogP) is 3.65. The Labute approximate surface area is 266 Å².